The van der Waals surface area contributed by atoms with Crippen LogP contribution in [0.15, 0.2) is 18.2 Å². The smallest absolute Gasteiger partial charge is 0.240 e. The molecule has 0 aliphatic carbocycles. The number of hydrogen-bond donors (Lipinski definition) is 2. The van der Waals surface area contributed by atoms with Gasteiger partial charge in [0.05, 0.1) is 11.6 Å². The molecule has 5 nitrogen and oxygen atoms in total. The van der Waals surface area contributed by atoms with Crippen LogP contribution < -0.4 is 20.1 Å². The minimum Gasteiger partial charge on any atom is -0.454 e. The first-order valence-electron chi connectivity index (χ1n) is 6.89. The molecule has 5 heteroatoms. The van der Waals surface area contributed by atoms with Gasteiger partial charge in [0.2, 0.25) is 12.7 Å². The Hall–Kier alpha value is -1.75. The lowest BCUT2D eigenvalue weighted by atomic mass is 10.0. The van der Waals surface area contributed by atoms with Crippen molar-refractivity contribution in [3.05, 3.63) is 23.8 Å². The number of likely N-dealkylation sites (N-methyl/N-ethyl adjacent to an activating group) is 1. The van der Waals surface area contributed by atoms with E-state index in [1.165, 1.54) is 0 Å². The summed E-state index contributed by atoms with van der Waals surface area (Å²) in [7, 11) is 0. The maximum Gasteiger partial charge on any atom is 0.240 e. The van der Waals surface area contributed by atoms with Crippen molar-refractivity contribution < 1.29 is 14.3 Å². The zero-order valence-electron chi connectivity index (χ0n) is 12.4. The molecular weight excluding hydrogens is 256 g/mol. The van der Waals surface area contributed by atoms with Crippen LogP contribution in [0.1, 0.15) is 39.3 Å². The SMILES string of the molecule is CCNC(C)(C)C(=O)NC(C)c1ccc2c(c1)OCO2. The number of hydrogen-bond acceptors (Lipinski definition) is 4. The highest BCUT2D eigenvalue weighted by Crippen LogP contribution is 2.34. The number of carbonyl (C=O) groups is 1. The molecule has 20 heavy (non-hydrogen) atoms. The fraction of sp³-hybridized carbons (Fsp3) is 0.533. The quantitative estimate of drug-likeness (QED) is 0.864. The van der Waals surface area contributed by atoms with Gasteiger partial charge in [-0.15, -0.1) is 0 Å². The van der Waals surface area contributed by atoms with Crippen molar-refractivity contribution in [1.29, 1.82) is 0 Å². The molecule has 0 aromatic heterocycles. The van der Waals surface area contributed by atoms with E-state index in [4.69, 9.17) is 9.47 Å². The monoisotopic (exact) mass is 278 g/mol. The Morgan fingerprint density at radius 2 is 2.05 bits per heavy atom. The third-order valence-corrected chi connectivity index (χ3v) is 3.43. The van der Waals surface area contributed by atoms with E-state index in [2.05, 4.69) is 10.6 Å². The molecular formula is C15H22N2O3. The number of nitrogens with one attached hydrogen (secondary N) is 2. The molecule has 1 atom stereocenters. The van der Waals surface area contributed by atoms with E-state index in [1.54, 1.807) is 0 Å². The summed E-state index contributed by atoms with van der Waals surface area (Å²) in [4.78, 5) is 12.2. The Balaban J connectivity index is 2.05. The topological polar surface area (TPSA) is 59.6 Å². The fourth-order valence-electron chi connectivity index (χ4n) is 2.17. The highest BCUT2D eigenvalue weighted by atomic mass is 16.7. The van der Waals surface area contributed by atoms with Crippen molar-refractivity contribution in [3.63, 3.8) is 0 Å². The summed E-state index contributed by atoms with van der Waals surface area (Å²) in [5, 5.41) is 6.18. The summed E-state index contributed by atoms with van der Waals surface area (Å²) >= 11 is 0. The molecule has 2 N–H and O–H groups in total. The lowest BCUT2D eigenvalue weighted by Crippen LogP contribution is -2.52. The van der Waals surface area contributed by atoms with Gasteiger partial charge >= 0.3 is 0 Å². The zero-order chi connectivity index (χ0) is 14.8. The Kier molecular flexibility index (Phi) is 4.18. The second-order valence-corrected chi connectivity index (χ2v) is 5.46. The zero-order valence-corrected chi connectivity index (χ0v) is 12.4. The summed E-state index contributed by atoms with van der Waals surface area (Å²) in [6, 6.07) is 5.64. The highest BCUT2D eigenvalue weighted by molar-refractivity contribution is 5.85. The van der Waals surface area contributed by atoms with Gasteiger partial charge in [-0.3, -0.25) is 4.79 Å². The molecule has 0 fully saturated rings. The first-order valence-corrected chi connectivity index (χ1v) is 6.89. The lowest BCUT2D eigenvalue weighted by Gasteiger charge is -2.27. The minimum absolute atomic E-state index is 0.0236. The number of amides is 1. The number of benzene rings is 1. The molecule has 110 valence electrons. The lowest BCUT2D eigenvalue weighted by molar-refractivity contribution is -0.127. The van der Waals surface area contributed by atoms with Crippen molar-refractivity contribution in [2.24, 2.45) is 0 Å². The molecule has 0 bridgehead atoms. The third-order valence-electron chi connectivity index (χ3n) is 3.43. The van der Waals surface area contributed by atoms with Gasteiger partial charge in [0.25, 0.3) is 0 Å². The predicted molar refractivity (Wildman–Crippen MR) is 76.9 cm³/mol. The van der Waals surface area contributed by atoms with Crippen molar-refractivity contribution in [3.8, 4) is 11.5 Å². The van der Waals surface area contributed by atoms with E-state index >= 15 is 0 Å². The van der Waals surface area contributed by atoms with Crippen molar-refractivity contribution in [1.82, 2.24) is 10.6 Å². The van der Waals surface area contributed by atoms with Gasteiger partial charge in [-0.05, 0) is 45.0 Å². The van der Waals surface area contributed by atoms with E-state index in [-0.39, 0.29) is 18.7 Å². The van der Waals surface area contributed by atoms with Crippen molar-refractivity contribution in [2.75, 3.05) is 13.3 Å². The standard InChI is InChI=1S/C15H22N2O3/c1-5-16-15(3,4)14(18)17-10(2)11-6-7-12-13(8-11)20-9-19-12/h6-8,10,16H,5,9H2,1-4H3,(H,17,18). The van der Waals surface area contributed by atoms with Crippen LogP contribution in [0.2, 0.25) is 0 Å². The van der Waals surface area contributed by atoms with Crippen LogP contribution in [-0.4, -0.2) is 24.8 Å². The van der Waals surface area contributed by atoms with E-state index in [0.717, 1.165) is 23.6 Å². The molecule has 1 unspecified atom stereocenters. The van der Waals surface area contributed by atoms with Gasteiger partial charge in [0.1, 0.15) is 0 Å². The van der Waals surface area contributed by atoms with Crippen LogP contribution in [0.4, 0.5) is 0 Å². The maximum absolute atomic E-state index is 12.2. The minimum atomic E-state index is -0.584. The van der Waals surface area contributed by atoms with Crippen LogP contribution in [0.5, 0.6) is 11.5 Å². The van der Waals surface area contributed by atoms with Crippen LogP contribution in [-0.2, 0) is 4.79 Å². The molecule has 2 rings (SSSR count). The molecule has 1 aromatic rings. The second kappa shape index (κ2) is 5.71. The molecule has 0 saturated carbocycles. The maximum atomic E-state index is 12.2. The third kappa shape index (κ3) is 3.04. The molecule has 0 radical (unpaired) electrons. The normalized spacial score (nSPS) is 15.0. The van der Waals surface area contributed by atoms with Gasteiger partial charge in [-0.2, -0.15) is 0 Å². The van der Waals surface area contributed by atoms with E-state index in [0.29, 0.717) is 0 Å². The number of ether oxygens (including phenoxy) is 2. The number of rotatable bonds is 5. The molecule has 1 amide bonds. The van der Waals surface area contributed by atoms with Crippen molar-refractivity contribution in [2.45, 2.75) is 39.3 Å². The Morgan fingerprint density at radius 1 is 1.35 bits per heavy atom. The average Bonchev–Trinajstić information content (AvgIpc) is 2.85. The largest absolute Gasteiger partial charge is 0.454 e. The average molecular weight is 278 g/mol. The van der Waals surface area contributed by atoms with E-state index < -0.39 is 5.54 Å². The van der Waals surface area contributed by atoms with Gasteiger partial charge in [0.15, 0.2) is 11.5 Å². The van der Waals surface area contributed by atoms with Crippen LogP contribution in [0.3, 0.4) is 0 Å². The highest BCUT2D eigenvalue weighted by Gasteiger charge is 2.27. The van der Waals surface area contributed by atoms with Crippen LogP contribution in [0, 0.1) is 0 Å². The summed E-state index contributed by atoms with van der Waals surface area (Å²) in [5.41, 5.74) is 0.411. The number of carbonyl (C=O) groups excluding carboxylic acids is 1. The van der Waals surface area contributed by atoms with E-state index in [9.17, 15) is 4.79 Å². The van der Waals surface area contributed by atoms with E-state index in [1.807, 2.05) is 45.9 Å². The van der Waals surface area contributed by atoms with Gasteiger partial charge < -0.3 is 20.1 Å². The Bertz CT molecular complexity index is 500. The summed E-state index contributed by atoms with van der Waals surface area (Å²) in [6.45, 7) is 8.69. The van der Waals surface area contributed by atoms with Crippen molar-refractivity contribution >= 4 is 5.91 Å². The fourth-order valence-corrected chi connectivity index (χ4v) is 2.17. The Morgan fingerprint density at radius 3 is 2.75 bits per heavy atom. The van der Waals surface area contributed by atoms with Gasteiger partial charge in [-0.1, -0.05) is 13.0 Å². The molecule has 1 aromatic carbocycles. The summed E-state index contributed by atoms with van der Waals surface area (Å²) in [5.74, 6) is 1.46. The Labute approximate surface area is 119 Å². The second-order valence-electron chi connectivity index (χ2n) is 5.46. The summed E-state index contributed by atoms with van der Waals surface area (Å²) in [6.07, 6.45) is 0. The molecule has 1 aliphatic rings. The molecule has 1 heterocycles. The first kappa shape index (κ1) is 14.7. The molecule has 0 spiro atoms. The molecule has 1 aliphatic heterocycles. The van der Waals surface area contributed by atoms with Gasteiger partial charge in [-0.25, -0.2) is 0 Å². The van der Waals surface area contributed by atoms with Gasteiger partial charge in [0, 0.05) is 0 Å². The molecule has 0 saturated heterocycles. The van der Waals surface area contributed by atoms with Crippen LogP contribution >= 0.6 is 0 Å². The number of fused-ring (bicyclic) bond motifs is 1. The predicted octanol–water partition coefficient (Wildman–Crippen LogP) is 1.98. The van der Waals surface area contributed by atoms with Crippen LogP contribution in [0.25, 0.3) is 0 Å². The summed E-state index contributed by atoms with van der Waals surface area (Å²) < 4.78 is 10.6. The first-order chi connectivity index (χ1) is 9.44.